The van der Waals surface area contributed by atoms with Crippen molar-refractivity contribution in [2.75, 3.05) is 0 Å². The van der Waals surface area contributed by atoms with Gasteiger partial charge in [0, 0.05) is 0 Å². The predicted octanol–water partition coefficient (Wildman–Crippen LogP) is -3.87. The Balaban J connectivity index is -0.000000231. The van der Waals surface area contributed by atoms with E-state index in [4.69, 9.17) is 0 Å². The molecule has 184 valence electrons. The molecule has 0 spiro atoms. The number of nitrogens with zero attached hydrogens (tertiary/aromatic N) is 2. The Labute approximate surface area is 255 Å². The van der Waals surface area contributed by atoms with Gasteiger partial charge in [-0.2, -0.15) is 52.7 Å². The molecule has 0 saturated carbocycles. The summed E-state index contributed by atoms with van der Waals surface area (Å²) in [6.07, 6.45) is 0. The normalized spacial score (nSPS) is 14.4. The number of sulfonamides is 4. The van der Waals surface area contributed by atoms with E-state index >= 15 is 0 Å². The van der Waals surface area contributed by atoms with Gasteiger partial charge in [0.05, 0.1) is 0 Å². The maximum atomic E-state index is 11.4. The third-order valence-corrected chi connectivity index (χ3v) is 7.04. The number of hydrogen-bond donors (Lipinski definition) is 0. The van der Waals surface area contributed by atoms with E-state index in [1.165, 1.54) is 0 Å². The summed E-state index contributed by atoms with van der Waals surface area (Å²) >= 11 is 0. The summed E-state index contributed by atoms with van der Waals surface area (Å²) < 4.78 is 218. The SMILES string of the molecule is O=S(=O)([N-]S(=O)(=O)C(F)(F)F)C(F)(F)F.O=S(=O)([N-]S(=O)(=O)C(F)(F)F)C(F)(F)F.[K+].[K+]. The van der Waals surface area contributed by atoms with E-state index in [1.807, 2.05) is 0 Å². The topological polar surface area (TPSA) is 165 Å². The molecular weight excluding hydrogens is 638 g/mol. The molecule has 0 rings (SSSR count). The molecule has 0 radical (unpaired) electrons. The average Bonchev–Trinajstić information content (AvgIpc) is 2.30. The molecule has 10 nitrogen and oxygen atoms in total. The molecule has 0 aromatic rings. The van der Waals surface area contributed by atoms with Gasteiger partial charge in [-0.15, -0.1) is 0 Å². The molecule has 0 saturated heterocycles. The van der Waals surface area contributed by atoms with Crippen molar-refractivity contribution in [1.29, 1.82) is 0 Å². The van der Waals surface area contributed by atoms with Crippen LogP contribution in [0.2, 0.25) is 0 Å². The molecule has 0 aromatic heterocycles. The number of hydrogen-bond acceptors (Lipinski definition) is 8. The zero-order valence-electron chi connectivity index (χ0n) is 14.3. The Bertz CT molecular complexity index is 866. The predicted molar refractivity (Wildman–Crippen MR) is 66.6 cm³/mol. The molecule has 0 heterocycles. The van der Waals surface area contributed by atoms with Gasteiger partial charge in [0.1, 0.15) is 0 Å². The molecule has 0 unspecified atom stereocenters. The van der Waals surface area contributed by atoms with Crippen molar-refractivity contribution in [3.63, 3.8) is 0 Å². The van der Waals surface area contributed by atoms with Gasteiger partial charge in [-0.05, 0) is 0 Å². The van der Waals surface area contributed by atoms with Crippen LogP contribution in [0.4, 0.5) is 52.7 Å². The Morgan fingerprint density at radius 1 is 0.344 bits per heavy atom. The summed E-state index contributed by atoms with van der Waals surface area (Å²) in [5, 5.41) is 0. The van der Waals surface area contributed by atoms with E-state index in [0.717, 1.165) is 8.25 Å². The number of halogens is 12. The molecule has 0 aliphatic rings. The first-order valence-corrected chi connectivity index (χ1v) is 10.9. The molecule has 0 aliphatic carbocycles. The molecule has 32 heavy (non-hydrogen) atoms. The Hall–Kier alpha value is 2.15. The molecule has 0 bridgehead atoms. The monoisotopic (exact) mass is 638 g/mol. The maximum absolute atomic E-state index is 11.4. The summed E-state index contributed by atoms with van der Waals surface area (Å²) in [6, 6.07) is 0. The van der Waals surface area contributed by atoms with Gasteiger partial charge < -0.3 is 8.25 Å². The van der Waals surface area contributed by atoms with Crippen LogP contribution in [-0.4, -0.2) is 55.7 Å². The Kier molecular flexibility index (Phi) is 16.3. The van der Waals surface area contributed by atoms with Crippen molar-refractivity contribution < 1.29 is 189 Å². The first-order valence-electron chi connectivity index (χ1n) is 5.15. The van der Waals surface area contributed by atoms with Crippen molar-refractivity contribution in [2.45, 2.75) is 22.0 Å². The van der Waals surface area contributed by atoms with Crippen LogP contribution in [0.3, 0.4) is 0 Å². The van der Waals surface area contributed by atoms with Gasteiger partial charge in [-0.3, -0.25) is 0 Å². The van der Waals surface area contributed by atoms with E-state index in [-0.39, 0.29) is 103 Å². The third-order valence-electron chi connectivity index (χ3n) is 1.56. The van der Waals surface area contributed by atoms with E-state index < -0.39 is 62.1 Å². The van der Waals surface area contributed by atoms with Crippen LogP contribution in [0.5, 0.6) is 0 Å². The van der Waals surface area contributed by atoms with Gasteiger partial charge in [0.15, 0.2) is 40.1 Å². The summed E-state index contributed by atoms with van der Waals surface area (Å²) in [7, 11) is -26.9. The van der Waals surface area contributed by atoms with Gasteiger partial charge in [-0.1, -0.05) is 0 Å². The van der Waals surface area contributed by atoms with Crippen LogP contribution < -0.4 is 103 Å². The largest absolute Gasteiger partial charge is 1.00 e. The van der Waals surface area contributed by atoms with Crippen LogP contribution in [-0.2, 0) is 40.1 Å². The number of alkyl halides is 12. The van der Waals surface area contributed by atoms with Gasteiger partial charge in [0.2, 0.25) is 0 Å². The molecular formula is C4F12K2N2O8S4. The van der Waals surface area contributed by atoms with Crippen LogP contribution in [0, 0.1) is 0 Å². The Morgan fingerprint density at radius 3 is 0.500 bits per heavy atom. The first kappa shape index (κ1) is 41.3. The van der Waals surface area contributed by atoms with E-state index in [9.17, 15) is 86.4 Å². The zero-order chi connectivity index (χ0) is 25.4. The van der Waals surface area contributed by atoms with Crippen LogP contribution >= 0.6 is 0 Å². The second-order valence-corrected chi connectivity index (χ2v) is 10.7. The quantitative estimate of drug-likeness (QED) is 0.223. The van der Waals surface area contributed by atoms with Crippen molar-refractivity contribution in [3.8, 4) is 0 Å². The fourth-order valence-corrected chi connectivity index (χ4v) is 3.85. The van der Waals surface area contributed by atoms with E-state index in [2.05, 4.69) is 0 Å². The minimum Gasteiger partial charge on any atom is -0.421 e. The average molecular weight is 638 g/mol. The minimum atomic E-state index is -6.72. The van der Waals surface area contributed by atoms with E-state index in [1.54, 1.807) is 0 Å². The van der Waals surface area contributed by atoms with Gasteiger partial charge in [0.25, 0.3) is 0 Å². The number of rotatable bonds is 4. The van der Waals surface area contributed by atoms with Gasteiger partial charge >= 0.3 is 125 Å². The maximum Gasteiger partial charge on any atom is 1.00 e. The first-order chi connectivity index (χ1) is 12.4. The van der Waals surface area contributed by atoms with Crippen molar-refractivity contribution in [1.82, 2.24) is 0 Å². The molecule has 28 heteroatoms. The van der Waals surface area contributed by atoms with Crippen LogP contribution in [0.25, 0.3) is 8.25 Å². The minimum absolute atomic E-state index is 0. The summed E-state index contributed by atoms with van der Waals surface area (Å²) in [4.78, 5) is 0. The fraction of sp³-hybridized carbons (Fsp3) is 1.00. The second kappa shape index (κ2) is 12.6. The fourth-order valence-electron chi connectivity index (χ4n) is 0.427. The van der Waals surface area contributed by atoms with Gasteiger partial charge in [-0.25, -0.2) is 33.7 Å². The van der Waals surface area contributed by atoms with Crippen molar-refractivity contribution in [3.05, 3.63) is 8.25 Å². The Morgan fingerprint density at radius 2 is 0.438 bits per heavy atom. The molecule has 0 fully saturated rings. The van der Waals surface area contributed by atoms with Crippen LogP contribution in [0.15, 0.2) is 0 Å². The molecule has 0 aromatic carbocycles. The smallest absolute Gasteiger partial charge is 0.421 e. The summed E-state index contributed by atoms with van der Waals surface area (Å²) in [6.45, 7) is 0. The van der Waals surface area contributed by atoms with Crippen molar-refractivity contribution in [2.24, 2.45) is 0 Å². The summed E-state index contributed by atoms with van der Waals surface area (Å²) in [5.41, 5.74) is -24.8. The van der Waals surface area contributed by atoms with E-state index in [0.29, 0.717) is 0 Å². The van der Waals surface area contributed by atoms with Crippen LogP contribution in [0.1, 0.15) is 0 Å². The van der Waals surface area contributed by atoms with Crippen molar-refractivity contribution >= 4 is 40.1 Å². The molecule has 0 amide bonds. The molecule has 0 atom stereocenters. The zero-order valence-corrected chi connectivity index (χ0v) is 23.8. The molecule has 0 N–H and O–H groups in total. The summed E-state index contributed by atoms with van der Waals surface area (Å²) in [5.74, 6) is 0. The molecule has 0 aliphatic heterocycles. The third kappa shape index (κ3) is 12.4. The standard InChI is InChI=1S/2C2F6NO4S2.2K/c2*3-1(4,5)14(10,11)9-15(12,13)2(6,7)8;;/q2*-1;2*+1. The second-order valence-electron chi connectivity index (χ2n) is 3.83.